The van der Waals surface area contributed by atoms with Gasteiger partial charge in [0.2, 0.25) is 0 Å². The summed E-state index contributed by atoms with van der Waals surface area (Å²) in [6, 6.07) is 2.77. The molecule has 6 heteroatoms. The van der Waals surface area contributed by atoms with Gasteiger partial charge in [-0.15, -0.1) is 0 Å². The standard InChI is InChI=1S/C14H22F2N2OS/c1-18(5-7-20-3)14-12(15)8-11(9-13(14)16)10-17-4-6-19-2/h8-9,17H,4-7,10H2,1-3H3. The van der Waals surface area contributed by atoms with Crippen LogP contribution < -0.4 is 10.2 Å². The number of hydrogen-bond donors (Lipinski definition) is 1. The molecule has 0 saturated carbocycles. The minimum atomic E-state index is -0.517. The Morgan fingerprint density at radius 2 is 1.95 bits per heavy atom. The van der Waals surface area contributed by atoms with Crippen LogP contribution in [0.4, 0.5) is 14.5 Å². The topological polar surface area (TPSA) is 24.5 Å². The van der Waals surface area contributed by atoms with Crippen LogP contribution in [0.3, 0.4) is 0 Å². The normalized spacial score (nSPS) is 10.8. The molecule has 1 aromatic carbocycles. The van der Waals surface area contributed by atoms with Gasteiger partial charge in [0, 0.05) is 39.5 Å². The zero-order chi connectivity index (χ0) is 15.0. The largest absolute Gasteiger partial charge is 0.383 e. The Morgan fingerprint density at radius 3 is 2.50 bits per heavy atom. The fourth-order valence-corrected chi connectivity index (χ4v) is 2.29. The van der Waals surface area contributed by atoms with Crippen molar-refractivity contribution in [3.8, 4) is 0 Å². The monoisotopic (exact) mass is 304 g/mol. The summed E-state index contributed by atoms with van der Waals surface area (Å²) in [6.07, 6.45) is 1.97. The van der Waals surface area contributed by atoms with Gasteiger partial charge in [0.05, 0.1) is 6.61 Å². The molecule has 0 heterocycles. The number of nitrogens with one attached hydrogen (secondary N) is 1. The van der Waals surface area contributed by atoms with E-state index in [4.69, 9.17) is 4.74 Å². The minimum absolute atomic E-state index is 0.0414. The van der Waals surface area contributed by atoms with Crippen LogP contribution in [0.5, 0.6) is 0 Å². The van der Waals surface area contributed by atoms with Crippen molar-refractivity contribution in [3.05, 3.63) is 29.3 Å². The van der Waals surface area contributed by atoms with Crippen LogP contribution in [0.1, 0.15) is 5.56 Å². The molecular formula is C14H22F2N2OS. The van der Waals surface area contributed by atoms with E-state index in [0.717, 1.165) is 5.75 Å². The smallest absolute Gasteiger partial charge is 0.149 e. The van der Waals surface area contributed by atoms with Crippen molar-refractivity contribution in [2.45, 2.75) is 6.54 Å². The molecule has 0 aliphatic heterocycles. The van der Waals surface area contributed by atoms with E-state index in [1.807, 2.05) is 6.26 Å². The second-order valence-corrected chi connectivity index (χ2v) is 5.48. The Morgan fingerprint density at radius 1 is 1.30 bits per heavy atom. The van der Waals surface area contributed by atoms with Gasteiger partial charge in [-0.2, -0.15) is 11.8 Å². The predicted octanol–water partition coefficient (Wildman–Crippen LogP) is 2.50. The number of thioether (sulfide) groups is 1. The quantitative estimate of drug-likeness (QED) is 0.709. The van der Waals surface area contributed by atoms with Crippen molar-refractivity contribution in [2.24, 2.45) is 0 Å². The van der Waals surface area contributed by atoms with E-state index in [1.165, 1.54) is 12.1 Å². The fraction of sp³-hybridized carbons (Fsp3) is 0.571. The molecule has 0 aliphatic rings. The SMILES string of the molecule is COCCNCc1cc(F)c(N(C)CCSC)c(F)c1. The lowest BCUT2D eigenvalue weighted by molar-refractivity contribution is 0.199. The van der Waals surface area contributed by atoms with Gasteiger partial charge in [-0.25, -0.2) is 8.78 Å². The summed E-state index contributed by atoms with van der Waals surface area (Å²) >= 11 is 1.65. The Labute approximate surface area is 123 Å². The van der Waals surface area contributed by atoms with E-state index < -0.39 is 11.6 Å². The van der Waals surface area contributed by atoms with Crippen molar-refractivity contribution in [1.29, 1.82) is 0 Å². The molecular weight excluding hydrogens is 282 g/mol. The first-order valence-electron chi connectivity index (χ1n) is 6.47. The highest BCUT2D eigenvalue weighted by Crippen LogP contribution is 2.24. The molecule has 20 heavy (non-hydrogen) atoms. The van der Waals surface area contributed by atoms with E-state index in [9.17, 15) is 8.78 Å². The molecule has 0 fully saturated rings. The number of halogens is 2. The highest BCUT2D eigenvalue weighted by molar-refractivity contribution is 7.98. The summed E-state index contributed by atoms with van der Waals surface area (Å²) in [6.45, 7) is 2.25. The number of anilines is 1. The van der Waals surface area contributed by atoms with Gasteiger partial charge in [-0.1, -0.05) is 0 Å². The molecule has 0 saturated heterocycles. The highest BCUT2D eigenvalue weighted by Gasteiger charge is 2.14. The number of nitrogens with zero attached hydrogens (tertiary/aromatic N) is 1. The number of ether oxygens (including phenoxy) is 1. The van der Waals surface area contributed by atoms with Crippen LogP contribution in [-0.2, 0) is 11.3 Å². The first-order chi connectivity index (χ1) is 9.60. The molecule has 114 valence electrons. The summed E-state index contributed by atoms with van der Waals surface area (Å²) in [5.74, 6) is -0.204. The number of hydrogen-bond acceptors (Lipinski definition) is 4. The van der Waals surface area contributed by atoms with Crippen molar-refractivity contribution in [2.75, 3.05) is 50.8 Å². The first kappa shape index (κ1) is 17.2. The van der Waals surface area contributed by atoms with Crippen molar-refractivity contribution < 1.29 is 13.5 Å². The first-order valence-corrected chi connectivity index (χ1v) is 7.87. The second kappa shape index (κ2) is 9.15. The Bertz CT molecular complexity index is 395. The average molecular weight is 304 g/mol. The molecule has 0 aliphatic carbocycles. The lowest BCUT2D eigenvalue weighted by atomic mass is 10.1. The van der Waals surface area contributed by atoms with Gasteiger partial charge in [-0.3, -0.25) is 0 Å². The second-order valence-electron chi connectivity index (χ2n) is 4.49. The number of methoxy groups -OCH3 is 1. The number of benzene rings is 1. The highest BCUT2D eigenvalue weighted by atomic mass is 32.2. The summed E-state index contributed by atoms with van der Waals surface area (Å²) in [7, 11) is 3.31. The van der Waals surface area contributed by atoms with Crippen LogP contribution in [0.25, 0.3) is 0 Å². The minimum Gasteiger partial charge on any atom is -0.383 e. The van der Waals surface area contributed by atoms with Gasteiger partial charge in [-0.05, 0) is 24.0 Å². The van der Waals surface area contributed by atoms with Crippen molar-refractivity contribution >= 4 is 17.4 Å². The fourth-order valence-electron chi connectivity index (χ4n) is 1.83. The summed E-state index contributed by atoms with van der Waals surface area (Å²) in [5, 5.41) is 3.06. The number of rotatable bonds is 9. The molecule has 0 amide bonds. The van der Waals surface area contributed by atoms with Crippen molar-refractivity contribution in [1.82, 2.24) is 5.32 Å². The van der Waals surface area contributed by atoms with Crippen LogP contribution >= 0.6 is 11.8 Å². The van der Waals surface area contributed by atoms with E-state index in [1.54, 1.807) is 30.8 Å². The van der Waals surface area contributed by atoms with Gasteiger partial charge >= 0.3 is 0 Å². The van der Waals surface area contributed by atoms with E-state index in [2.05, 4.69) is 5.32 Å². The van der Waals surface area contributed by atoms with Gasteiger partial charge in [0.1, 0.15) is 17.3 Å². The van der Waals surface area contributed by atoms with Crippen molar-refractivity contribution in [3.63, 3.8) is 0 Å². The van der Waals surface area contributed by atoms with Crippen LogP contribution in [0.2, 0.25) is 0 Å². The third kappa shape index (κ3) is 5.26. The van der Waals surface area contributed by atoms with Crippen LogP contribution in [0, 0.1) is 11.6 Å². The van der Waals surface area contributed by atoms with E-state index >= 15 is 0 Å². The van der Waals surface area contributed by atoms with Gasteiger partial charge in [0.15, 0.2) is 0 Å². The van der Waals surface area contributed by atoms with Crippen LogP contribution in [-0.4, -0.2) is 45.9 Å². The molecule has 1 aromatic rings. The molecule has 0 aromatic heterocycles. The molecule has 0 radical (unpaired) electrons. The maximum absolute atomic E-state index is 14.0. The summed E-state index contributed by atoms with van der Waals surface area (Å²) in [4.78, 5) is 1.61. The average Bonchev–Trinajstić information content (AvgIpc) is 2.40. The molecule has 0 spiro atoms. The lowest BCUT2D eigenvalue weighted by Crippen LogP contribution is -2.23. The predicted molar refractivity (Wildman–Crippen MR) is 81.6 cm³/mol. The zero-order valence-corrected chi connectivity index (χ0v) is 13.0. The third-order valence-electron chi connectivity index (χ3n) is 2.90. The Hall–Kier alpha value is -0.850. The summed E-state index contributed by atoms with van der Waals surface area (Å²) < 4.78 is 32.9. The Kier molecular flexibility index (Phi) is 7.87. The third-order valence-corrected chi connectivity index (χ3v) is 3.49. The van der Waals surface area contributed by atoms with E-state index in [0.29, 0.717) is 31.8 Å². The molecule has 1 N–H and O–H groups in total. The molecule has 0 unspecified atom stereocenters. The molecule has 0 bridgehead atoms. The zero-order valence-electron chi connectivity index (χ0n) is 12.2. The summed E-state index contributed by atoms with van der Waals surface area (Å²) in [5.41, 5.74) is 0.637. The maximum Gasteiger partial charge on any atom is 0.149 e. The van der Waals surface area contributed by atoms with Gasteiger partial charge in [0.25, 0.3) is 0 Å². The molecule has 3 nitrogen and oxygen atoms in total. The molecule has 1 rings (SSSR count). The van der Waals surface area contributed by atoms with Gasteiger partial charge < -0.3 is 15.0 Å². The lowest BCUT2D eigenvalue weighted by Gasteiger charge is -2.20. The molecule has 0 atom stereocenters. The Balaban J connectivity index is 2.70. The van der Waals surface area contributed by atoms with Crippen LogP contribution in [0.15, 0.2) is 12.1 Å². The van der Waals surface area contributed by atoms with E-state index in [-0.39, 0.29) is 5.69 Å². The maximum atomic E-state index is 14.0.